The molecule has 0 heterocycles. The Labute approximate surface area is 101 Å². The Hall–Kier alpha value is -0.900. The number of Topliss-reactive ketones (excluding diaryl/α,β-unsaturated/α-hetero) is 1. The van der Waals surface area contributed by atoms with Crippen molar-refractivity contribution in [3.8, 4) is 0 Å². The Kier molecular flexibility index (Phi) is 2.38. The average molecular weight is 238 g/mol. The highest BCUT2D eigenvalue weighted by Crippen LogP contribution is 2.65. The molecule has 2 saturated carbocycles. The largest absolute Gasteiger partial charge is 0.376 e. The van der Waals surface area contributed by atoms with Gasteiger partial charge in [0.1, 0.15) is 0 Å². The van der Waals surface area contributed by atoms with Gasteiger partial charge in [0.15, 0.2) is 10.9 Å². The Balaban J connectivity index is 2.37. The van der Waals surface area contributed by atoms with E-state index >= 15 is 0 Å². The molecule has 3 nitrogen and oxygen atoms in total. The SMILES string of the molecule is CC12CCC(/C(=C/NC(N)=S)C1=O)C2(C)C. The standard InChI is InChI=1S/C12H18N2OS/c1-11(2)8-4-5-12(11,3)9(15)7(8)6-14-10(13)16/h6,8H,4-5H2,1-3H3,(H3,13,14,16)/b7-6-. The van der Waals surface area contributed by atoms with Crippen molar-refractivity contribution in [2.45, 2.75) is 33.6 Å². The molecule has 2 atom stereocenters. The fraction of sp³-hybridized carbons (Fsp3) is 0.667. The van der Waals surface area contributed by atoms with Crippen molar-refractivity contribution in [2.24, 2.45) is 22.5 Å². The molecule has 0 aromatic rings. The van der Waals surface area contributed by atoms with Crippen LogP contribution in [0.5, 0.6) is 0 Å². The Morgan fingerprint density at radius 2 is 2.19 bits per heavy atom. The van der Waals surface area contributed by atoms with Gasteiger partial charge in [0.25, 0.3) is 0 Å². The van der Waals surface area contributed by atoms with Gasteiger partial charge in [-0.1, -0.05) is 20.8 Å². The molecular weight excluding hydrogens is 220 g/mol. The number of carbonyl (C=O) groups excluding carboxylic acids is 1. The van der Waals surface area contributed by atoms with E-state index in [0.29, 0.717) is 5.92 Å². The third-order valence-electron chi connectivity index (χ3n) is 4.73. The summed E-state index contributed by atoms with van der Waals surface area (Å²) in [5.41, 5.74) is 6.09. The molecule has 0 aliphatic heterocycles. The number of thiocarbonyl (C=S) groups is 1. The molecule has 0 spiro atoms. The van der Waals surface area contributed by atoms with Crippen LogP contribution in [0.2, 0.25) is 0 Å². The maximum atomic E-state index is 12.3. The van der Waals surface area contributed by atoms with Crippen LogP contribution in [0.4, 0.5) is 0 Å². The van der Waals surface area contributed by atoms with Crippen LogP contribution >= 0.6 is 12.2 Å². The van der Waals surface area contributed by atoms with E-state index < -0.39 is 0 Å². The first kappa shape index (κ1) is 11.6. The molecule has 0 radical (unpaired) electrons. The predicted molar refractivity (Wildman–Crippen MR) is 67.6 cm³/mol. The minimum absolute atomic E-state index is 0.0494. The number of allylic oxidation sites excluding steroid dienone is 1. The van der Waals surface area contributed by atoms with Crippen LogP contribution in [0.15, 0.2) is 11.8 Å². The van der Waals surface area contributed by atoms with Gasteiger partial charge in [-0.15, -0.1) is 0 Å². The first-order valence-electron chi connectivity index (χ1n) is 5.61. The number of hydrogen-bond donors (Lipinski definition) is 2. The second-order valence-electron chi connectivity index (χ2n) is 5.58. The van der Waals surface area contributed by atoms with Gasteiger partial charge in [-0.3, -0.25) is 4.79 Å². The lowest BCUT2D eigenvalue weighted by molar-refractivity contribution is -0.125. The van der Waals surface area contributed by atoms with Gasteiger partial charge in [0, 0.05) is 17.2 Å². The van der Waals surface area contributed by atoms with Crippen LogP contribution in [0.3, 0.4) is 0 Å². The third kappa shape index (κ3) is 1.25. The highest BCUT2D eigenvalue weighted by Gasteiger charge is 2.63. The number of nitrogens with one attached hydrogen (secondary N) is 1. The molecule has 4 heteroatoms. The zero-order chi connectivity index (χ0) is 12.1. The number of carbonyl (C=O) groups is 1. The van der Waals surface area contributed by atoms with E-state index in [9.17, 15) is 4.79 Å². The van der Waals surface area contributed by atoms with Gasteiger partial charge >= 0.3 is 0 Å². The summed E-state index contributed by atoms with van der Waals surface area (Å²) in [6.45, 7) is 6.45. The van der Waals surface area contributed by atoms with Gasteiger partial charge < -0.3 is 11.1 Å². The van der Waals surface area contributed by atoms with Crippen LogP contribution in [0.25, 0.3) is 0 Å². The van der Waals surface area contributed by atoms with Crippen LogP contribution in [0.1, 0.15) is 33.6 Å². The van der Waals surface area contributed by atoms with E-state index in [4.69, 9.17) is 18.0 Å². The summed E-state index contributed by atoms with van der Waals surface area (Å²) in [7, 11) is 0. The van der Waals surface area contributed by atoms with Crippen molar-refractivity contribution in [1.82, 2.24) is 5.32 Å². The van der Waals surface area contributed by atoms with Crippen molar-refractivity contribution in [3.63, 3.8) is 0 Å². The topological polar surface area (TPSA) is 55.1 Å². The first-order chi connectivity index (χ1) is 7.30. The average Bonchev–Trinajstić information content (AvgIpc) is 2.47. The molecule has 2 aliphatic rings. The molecule has 0 amide bonds. The Bertz CT molecular complexity index is 400. The highest BCUT2D eigenvalue weighted by molar-refractivity contribution is 7.80. The maximum absolute atomic E-state index is 12.3. The molecule has 2 fully saturated rings. The van der Waals surface area contributed by atoms with E-state index in [1.54, 1.807) is 6.20 Å². The van der Waals surface area contributed by atoms with Crippen molar-refractivity contribution in [3.05, 3.63) is 11.8 Å². The molecule has 2 bridgehead atoms. The van der Waals surface area contributed by atoms with Crippen molar-refractivity contribution in [1.29, 1.82) is 0 Å². The number of hydrogen-bond acceptors (Lipinski definition) is 2. The number of ketones is 1. The van der Waals surface area contributed by atoms with Crippen molar-refractivity contribution >= 4 is 23.1 Å². The molecular formula is C12H18N2OS. The van der Waals surface area contributed by atoms with Crippen LogP contribution in [-0.4, -0.2) is 10.9 Å². The minimum Gasteiger partial charge on any atom is -0.376 e. The normalized spacial score (nSPS) is 38.1. The van der Waals surface area contributed by atoms with E-state index in [0.717, 1.165) is 18.4 Å². The van der Waals surface area contributed by atoms with E-state index in [-0.39, 0.29) is 21.7 Å². The van der Waals surface area contributed by atoms with Gasteiger partial charge in [-0.2, -0.15) is 0 Å². The monoisotopic (exact) mass is 238 g/mol. The quantitative estimate of drug-likeness (QED) is 0.539. The molecule has 2 unspecified atom stereocenters. The van der Waals surface area contributed by atoms with Crippen molar-refractivity contribution < 1.29 is 4.79 Å². The van der Waals surface area contributed by atoms with Gasteiger partial charge in [-0.05, 0) is 36.4 Å². The Morgan fingerprint density at radius 3 is 2.62 bits per heavy atom. The maximum Gasteiger partial charge on any atom is 0.167 e. The summed E-state index contributed by atoms with van der Waals surface area (Å²) in [4.78, 5) is 12.3. The minimum atomic E-state index is -0.207. The zero-order valence-electron chi connectivity index (χ0n) is 9.96. The molecule has 16 heavy (non-hydrogen) atoms. The zero-order valence-corrected chi connectivity index (χ0v) is 10.8. The van der Waals surface area contributed by atoms with E-state index in [1.807, 2.05) is 0 Å². The van der Waals surface area contributed by atoms with Gasteiger partial charge in [-0.25, -0.2) is 0 Å². The lowest BCUT2D eigenvalue weighted by Crippen LogP contribution is -2.32. The second kappa shape index (κ2) is 3.29. The number of nitrogens with two attached hydrogens (primary N) is 1. The summed E-state index contributed by atoms with van der Waals surface area (Å²) in [5.74, 6) is 0.601. The smallest absolute Gasteiger partial charge is 0.167 e. The summed E-state index contributed by atoms with van der Waals surface area (Å²) in [6, 6.07) is 0. The predicted octanol–water partition coefficient (Wildman–Crippen LogP) is 1.73. The second-order valence-corrected chi connectivity index (χ2v) is 6.02. The lowest BCUT2D eigenvalue weighted by atomic mass is 9.70. The summed E-state index contributed by atoms with van der Waals surface area (Å²) in [6.07, 6.45) is 3.79. The molecule has 88 valence electrons. The lowest BCUT2D eigenvalue weighted by Gasteiger charge is -2.31. The first-order valence-corrected chi connectivity index (χ1v) is 6.02. The molecule has 0 aromatic carbocycles. The molecule has 2 aliphatic carbocycles. The summed E-state index contributed by atoms with van der Waals surface area (Å²) >= 11 is 4.75. The summed E-state index contributed by atoms with van der Waals surface area (Å²) in [5, 5.41) is 3.00. The summed E-state index contributed by atoms with van der Waals surface area (Å²) < 4.78 is 0. The van der Waals surface area contributed by atoms with Crippen LogP contribution in [-0.2, 0) is 4.79 Å². The Morgan fingerprint density at radius 1 is 1.56 bits per heavy atom. The highest BCUT2D eigenvalue weighted by atomic mass is 32.1. The van der Waals surface area contributed by atoms with Crippen molar-refractivity contribution in [2.75, 3.05) is 0 Å². The van der Waals surface area contributed by atoms with E-state index in [1.165, 1.54) is 0 Å². The molecule has 0 aromatic heterocycles. The number of fused-ring (bicyclic) bond motifs is 2. The third-order valence-corrected chi connectivity index (χ3v) is 4.85. The van der Waals surface area contributed by atoms with Crippen LogP contribution in [0, 0.1) is 16.7 Å². The molecule has 0 saturated heterocycles. The molecule has 2 rings (SSSR count). The number of rotatable bonds is 1. The fourth-order valence-corrected chi connectivity index (χ4v) is 3.30. The van der Waals surface area contributed by atoms with Crippen LogP contribution < -0.4 is 11.1 Å². The molecule has 3 N–H and O–H groups in total. The van der Waals surface area contributed by atoms with E-state index in [2.05, 4.69) is 26.1 Å². The van der Waals surface area contributed by atoms with Gasteiger partial charge in [0.2, 0.25) is 0 Å². The van der Waals surface area contributed by atoms with Gasteiger partial charge in [0.05, 0.1) is 0 Å². The fourth-order valence-electron chi connectivity index (χ4n) is 3.24.